The zero-order valence-electron chi connectivity index (χ0n) is 16.3. The molecule has 2 rings (SSSR count). The molecule has 0 unspecified atom stereocenters. The van der Waals surface area contributed by atoms with Crippen LogP contribution in [-0.2, 0) is 11.0 Å². The Morgan fingerprint density at radius 1 is 1.53 bits per heavy atom. The molecule has 1 aromatic heterocycles. The van der Waals surface area contributed by atoms with Crippen molar-refractivity contribution in [2.75, 3.05) is 20.6 Å². The van der Waals surface area contributed by atoms with Gasteiger partial charge in [-0.2, -0.15) is 0 Å². The van der Waals surface area contributed by atoms with E-state index >= 15 is 0 Å². The molecule has 7 heteroatoms. The number of H-pyrrole nitrogens is 1. The molecule has 3 N–H and O–H groups in total. The van der Waals surface area contributed by atoms with Gasteiger partial charge in [0, 0.05) is 26.3 Å². The number of hydrogen-bond donors (Lipinski definition) is 3. The van der Waals surface area contributed by atoms with Crippen molar-refractivity contribution in [1.29, 1.82) is 0 Å². The molecule has 0 amide bonds. The van der Waals surface area contributed by atoms with Gasteiger partial charge in [-0.15, -0.1) is 0 Å². The first-order valence-corrected chi connectivity index (χ1v) is 6.82. The number of aromatic nitrogens is 1. The maximum absolute atomic E-state index is 11.2. The van der Waals surface area contributed by atoms with Crippen LogP contribution in [0.3, 0.4) is 0 Å². The second-order valence-corrected chi connectivity index (χ2v) is 5.16. The van der Waals surface area contributed by atoms with Gasteiger partial charge in [0.05, 0.1) is 5.48 Å². The van der Waals surface area contributed by atoms with Crippen molar-refractivity contribution in [3.05, 3.63) is 29.9 Å². The van der Waals surface area contributed by atoms with Crippen LogP contribution in [0.5, 0.6) is 5.75 Å². The Morgan fingerprint density at radius 2 is 2.26 bits per heavy atom. The predicted molar refractivity (Wildman–Crippen MR) is 73.2 cm³/mol. The molecule has 0 radical (unpaired) electrons. The molecule has 0 atom stereocenters. The molecule has 0 spiro atoms. The number of rotatable bonds is 5. The van der Waals surface area contributed by atoms with E-state index in [-0.39, 0.29) is 29.1 Å². The molecule has 0 aliphatic heterocycles. The summed E-state index contributed by atoms with van der Waals surface area (Å²) in [5.74, 6) is -0.649. The number of likely N-dealkylation sites (N-methyl/N-ethyl adjacent to an activating group) is 1. The normalized spacial score (nSPS) is 17.5. The van der Waals surface area contributed by atoms with Crippen LogP contribution < -0.4 is 4.52 Å². The third-order valence-corrected chi connectivity index (χ3v) is 2.68. The fourth-order valence-electron chi connectivity index (χ4n) is 1.53. The minimum atomic E-state index is -5.08. The van der Waals surface area contributed by atoms with Gasteiger partial charge in [0.1, 0.15) is 5.75 Å². The molecule has 0 fully saturated rings. The van der Waals surface area contributed by atoms with Crippen molar-refractivity contribution in [3.8, 4) is 5.75 Å². The third-order valence-electron chi connectivity index (χ3n) is 2.26. The summed E-state index contributed by atoms with van der Waals surface area (Å²) >= 11 is 0. The summed E-state index contributed by atoms with van der Waals surface area (Å²) in [6.45, 7) is -1.91. The number of aromatic amines is 1. The predicted octanol–water partition coefficient (Wildman–Crippen LogP) is 1.74. The summed E-state index contributed by atoms with van der Waals surface area (Å²) in [7, 11) is -2.11. The Hall–Kier alpha value is -1.33. The largest absolute Gasteiger partial charge is 0.524 e. The van der Waals surface area contributed by atoms with Crippen molar-refractivity contribution in [3.63, 3.8) is 0 Å². The number of phosphoric acid groups is 1. The minimum absolute atomic E-state index is 0.000787. The van der Waals surface area contributed by atoms with Crippen LogP contribution in [0, 0.1) is 0 Å². The Labute approximate surface area is 119 Å². The summed E-state index contributed by atoms with van der Waals surface area (Å²) in [6, 6.07) is -1.78. The van der Waals surface area contributed by atoms with Crippen LogP contribution in [0.4, 0.5) is 0 Å². The van der Waals surface area contributed by atoms with Gasteiger partial charge in [0.15, 0.2) is 0 Å². The average Bonchev–Trinajstić information content (AvgIpc) is 2.77. The molecule has 0 aliphatic rings. The van der Waals surface area contributed by atoms with E-state index in [0.717, 1.165) is 0 Å². The van der Waals surface area contributed by atoms with E-state index < -0.39 is 38.2 Å². The monoisotopic (exact) mass is 290 g/mol. The van der Waals surface area contributed by atoms with Gasteiger partial charge in [-0.25, -0.2) is 4.57 Å². The number of hydrogen-bond acceptors (Lipinski definition) is 3. The third kappa shape index (κ3) is 3.58. The lowest BCUT2D eigenvalue weighted by Gasteiger charge is -2.11. The molecule has 104 valence electrons. The van der Waals surface area contributed by atoms with Gasteiger partial charge < -0.3 is 14.4 Å². The summed E-state index contributed by atoms with van der Waals surface area (Å²) in [6.07, 6.45) is -0.637. The number of phosphoric ester groups is 1. The van der Waals surface area contributed by atoms with Gasteiger partial charge in [-0.3, -0.25) is 9.79 Å². The molecule has 1 heterocycles. The number of aryl methyl sites for hydroxylation is 1. The summed E-state index contributed by atoms with van der Waals surface area (Å²) in [5, 5.41) is -0.148. The second kappa shape index (κ2) is 5.35. The fourth-order valence-corrected chi connectivity index (χ4v) is 1.90. The van der Waals surface area contributed by atoms with E-state index in [1.165, 1.54) is 19.0 Å². The highest BCUT2D eigenvalue weighted by Gasteiger charge is 2.19. The van der Waals surface area contributed by atoms with E-state index in [0.29, 0.717) is 0 Å². The fraction of sp³-hybridized carbons (Fsp3) is 0.333. The Bertz CT molecular complexity index is 879. The van der Waals surface area contributed by atoms with Crippen molar-refractivity contribution >= 4 is 18.7 Å². The van der Waals surface area contributed by atoms with Gasteiger partial charge in [-0.05, 0) is 38.2 Å². The Morgan fingerprint density at radius 3 is 2.89 bits per heavy atom. The Kier molecular flexibility index (Phi) is 2.27. The second-order valence-electron chi connectivity index (χ2n) is 3.99. The molecule has 19 heavy (non-hydrogen) atoms. The van der Waals surface area contributed by atoms with Gasteiger partial charge >= 0.3 is 7.82 Å². The first-order chi connectivity index (χ1) is 11.3. The molecular weight excluding hydrogens is 267 g/mol. The average molecular weight is 290 g/mol. The smallest absolute Gasteiger partial charge is 0.404 e. The molecule has 2 aromatic rings. The first kappa shape index (κ1) is 8.07. The highest BCUT2D eigenvalue weighted by molar-refractivity contribution is 7.46. The van der Waals surface area contributed by atoms with Crippen LogP contribution in [0.15, 0.2) is 24.3 Å². The molecule has 0 saturated heterocycles. The summed E-state index contributed by atoms with van der Waals surface area (Å²) in [4.78, 5) is 22.0. The van der Waals surface area contributed by atoms with Crippen LogP contribution in [-0.4, -0.2) is 40.3 Å². The van der Waals surface area contributed by atoms with Crippen molar-refractivity contribution in [1.82, 2.24) is 9.88 Å². The van der Waals surface area contributed by atoms with E-state index in [2.05, 4.69) is 9.51 Å². The number of nitrogens with zero attached hydrogens (tertiary/aromatic N) is 1. The topological polar surface area (TPSA) is 85.8 Å². The number of nitrogens with one attached hydrogen (secondary N) is 1. The lowest BCUT2D eigenvalue weighted by atomic mass is 10.1. The lowest BCUT2D eigenvalue weighted by molar-refractivity contribution is 0.284. The summed E-state index contributed by atoms with van der Waals surface area (Å²) in [5.41, 5.74) is -0.113. The standard InChI is InChI=1S/C12H17N2O4P/c1-14(2)7-6-9-8-13-10-4-3-5-11(12(9)10)18-19(15,16)17/h3-5,8,13H,6-7H2,1-2H3,(H2,15,16,17)/i3D,4D,5D,7D2,8D. The van der Waals surface area contributed by atoms with E-state index in [9.17, 15) is 4.57 Å². The van der Waals surface area contributed by atoms with E-state index in [4.69, 9.17) is 18.0 Å². The molecule has 0 saturated carbocycles. The first-order valence-electron chi connectivity index (χ1n) is 8.29. The van der Waals surface area contributed by atoms with Crippen LogP contribution in [0.2, 0.25) is 0 Å². The van der Waals surface area contributed by atoms with E-state index in [1.807, 2.05) is 0 Å². The molecule has 6 nitrogen and oxygen atoms in total. The zero-order valence-corrected chi connectivity index (χ0v) is 11.2. The van der Waals surface area contributed by atoms with E-state index in [1.54, 1.807) is 0 Å². The van der Waals surface area contributed by atoms with Crippen molar-refractivity contribution in [2.24, 2.45) is 0 Å². The molecule has 1 aromatic carbocycles. The number of benzene rings is 1. The SMILES string of the molecule is [2H]c1[nH]c2c([2H])c([2H])c([2H])c(OP(=O)(O)O)c2c1CC([2H])([2H])N(C)C. The molecule has 0 bridgehead atoms. The number of fused-ring (bicyclic) bond motifs is 1. The zero-order chi connectivity index (χ0) is 19.3. The Balaban J connectivity index is 2.84. The van der Waals surface area contributed by atoms with Gasteiger partial charge in [0.2, 0.25) is 0 Å². The quantitative estimate of drug-likeness (QED) is 0.730. The maximum atomic E-state index is 11.2. The highest BCUT2D eigenvalue weighted by Crippen LogP contribution is 2.41. The lowest BCUT2D eigenvalue weighted by Crippen LogP contribution is -2.14. The van der Waals surface area contributed by atoms with Crippen LogP contribution in [0.1, 0.15) is 13.8 Å². The molecule has 0 aliphatic carbocycles. The van der Waals surface area contributed by atoms with Crippen molar-refractivity contribution < 1.29 is 27.1 Å². The van der Waals surface area contributed by atoms with Gasteiger partial charge in [-0.1, -0.05) is 6.04 Å². The maximum Gasteiger partial charge on any atom is 0.524 e. The molecular formula is C12H17N2O4P. The van der Waals surface area contributed by atoms with Crippen LogP contribution >= 0.6 is 7.82 Å². The van der Waals surface area contributed by atoms with Crippen LogP contribution in [0.25, 0.3) is 10.9 Å². The van der Waals surface area contributed by atoms with Crippen molar-refractivity contribution in [2.45, 2.75) is 6.42 Å². The minimum Gasteiger partial charge on any atom is -0.404 e. The summed E-state index contributed by atoms with van der Waals surface area (Å²) < 4.78 is 63.3. The highest BCUT2D eigenvalue weighted by atomic mass is 31.2. The van der Waals surface area contributed by atoms with Gasteiger partial charge in [0.25, 0.3) is 0 Å².